The number of primary amides is 1. The van der Waals surface area contributed by atoms with Crippen LogP contribution in [0.5, 0.6) is 5.75 Å². The van der Waals surface area contributed by atoms with Crippen molar-refractivity contribution in [1.29, 1.82) is 5.26 Å². The summed E-state index contributed by atoms with van der Waals surface area (Å²) in [6.45, 7) is 3.78. The van der Waals surface area contributed by atoms with Crippen LogP contribution in [0, 0.1) is 17.2 Å². The lowest BCUT2D eigenvalue weighted by Crippen LogP contribution is -2.51. The molecule has 0 saturated heterocycles. The first-order chi connectivity index (χ1) is 22.5. The number of nitrogens with one attached hydrogen (secondary N) is 3. The van der Waals surface area contributed by atoms with Crippen molar-refractivity contribution in [2.75, 3.05) is 10.6 Å². The van der Waals surface area contributed by atoms with Gasteiger partial charge in [0.05, 0.1) is 16.1 Å². The molecule has 4 atom stereocenters. The molecule has 0 aliphatic heterocycles. The highest BCUT2D eigenvalue weighted by Gasteiger charge is 2.42. The van der Waals surface area contributed by atoms with E-state index in [1.54, 1.807) is 60.7 Å². The van der Waals surface area contributed by atoms with E-state index in [2.05, 4.69) is 31.9 Å². The predicted molar refractivity (Wildman–Crippen MR) is 177 cm³/mol. The molecule has 4 unspecified atom stereocenters. The smallest absolute Gasteiger partial charge is 0.412 e. The molecule has 0 radical (unpaired) electrons. The molecule has 244 valence electrons. The van der Waals surface area contributed by atoms with Gasteiger partial charge in [-0.15, -0.1) is 0 Å². The number of hydrogen-bond donors (Lipinski definition) is 4. The first kappa shape index (κ1) is 34.5. The molecule has 0 fully saturated rings. The van der Waals surface area contributed by atoms with Gasteiger partial charge in [-0.1, -0.05) is 50.2 Å². The molecule has 0 bridgehead atoms. The molecule has 12 nitrogen and oxygen atoms in total. The fourth-order valence-corrected chi connectivity index (χ4v) is 5.28. The molecule has 3 aromatic rings. The van der Waals surface area contributed by atoms with Crippen LogP contribution < -0.4 is 26.4 Å². The summed E-state index contributed by atoms with van der Waals surface area (Å²) in [6.07, 6.45) is -3.85. The molecule has 1 aliphatic rings. The maximum Gasteiger partial charge on any atom is 0.412 e. The zero-order valence-corrected chi connectivity index (χ0v) is 27.2. The monoisotopic (exact) mass is 703 g/mol. The predicted octanol–water partition coefficient (Wildman–Crippen LogP) is 5.65. The van der Waals surface area contributed by atoms with Gasteiger partial charge in [0.1, 0.15) is 17.9 Å². The van der Waals surface area contributed by atoms with Gasteiger partial charge in [-0.3, -0.25) is 20.2 Å². The molecule has 4 rings (SSSR count). The average molecular weight is 705 g/mol. The largest absolute Gasteiger partial charge is 0.481 e. The van der Waals surface area contributed by atoms with Gasteiger partial charge >= 0.3 is 12.2 Å². The van der Waals surface area contributed by atoms with Gasteiger partial charge in [0.2, 0.25) is 11.8 Å². The zero-order valence-electron chi connectivity index (χ0n) is 25.6. The van der Waals surface area contributed by atoms with Gasteiger partial charge < -0.3 is 25.3 Å². The summed E-state index contributed by atoms with van der Waals surface area (Å²) in [4.78, 5) is 52.0. The minimum Gasteiger partial charge on any atom is -0.481 e. The van der Waals surface area contributed by atoms with Gasteiger partial charge in [-0.05, 0) is 76.8 Å². The van der Waals surface area contributed by atoms with E-state index in [1.165, 1.54) is 24.3 Å². The van der Waals surface area contributed by atoms with Crippen molar-refractivity contribution in [3.05, 3.63) is 101 Å². The number of anilines is 2. The van der Waals surface area contributed by atoms with Gasteiger partial charge in [0.15, 0.2) is 12.2 Å². The minimum atomic E-state index is -1.26. The van der Waals surface area contributed by atoms with Crippen molar-refractivity contribution in [3.8, 4) is 11.8 Å². The van der Waals surface area contributed by atoms with Gasteiger partial charge in [0.25, 0.3) is 0 Å². The van der Waals surface area contributed by atoms with Gasteiger partial charge in [-0.2, -0.15) is 5.26 Å². The SMILES string of the molecule is CC(C)CC(NC(=O)C1=CC(Oc2ccc(C#N)cc2Br)C(OC(=O)Nc2ccccc2)C(OC(=O)Nc2ccccc2)C1)C(N)=O. The number of amides is 4. The Morgan fingerprint density at radius 2 is 1.53 bits per heavy atom. The number of carbonyl (C=O) groups excluding carboxylic acids is 4. The summed E-state index contributed by atoms with van der Waals surface area (Å²) < 4.78 is 18.3. The molecule has 0 aromatic heterocycles. The van der Waals surface area contributed by atoms with Crippen LogP contribution in [0.15, 0.2) is 95.0 Å². The number of halogens is 1. The van der Waals surface area contributed by atoms with Crippen molar-refractivity contribution >= 4 is 51.3 Å². The first-order valence-electron chi connectivity index (χ1n) is 14.7. The van der Waals surface area contributed by atoms with Crippen LogP contribution in [-0.4, -0.2) is 48.4 Å². The number of carbonyl (C=O) groups is 4. The molecule has 0 heterocycles. The maximum absolute atomic E-state index is 13.6. The summed E-state index contributed by atoms with van der Waals surface area (Å²) in [7, 11) is 0. The van der Waals surface area contributed by atoms with Crippen molar-refractivity contribution in [1.82, 2.24) is 5.32 Å². The van der Waals surface area contributed by atoms with Crippen molar-refractivity contribution in [3.63, 3.8) is 0 Å². The van der Waals surface area contributed by atoms with Crippen molar-refractivity contribution in [2.24, 2.45) is 11.7 Å². The number of rotatable bonds is 11. The summed E-state index contributed by atoms with van der Waals surface area (Å²) in [5, 5.41) is 17.2. The van der Waals surface area contributed by atoms with E-state index in [-0.39, 0.29) is 23.7 Å². The normalized spacial score (nSPS) is 17.7. The lowest BCUT2D eigenvalue weighted by molar-refractivity contribution is -0.126. The topological polar surface area (TPSA) is 182 Å². The number of para-hydroxylation sites is 2. The second kappa shape index (κ2) is 16.3. The van der Waals surface area contributed by atoms with Crippen LogP contribution in [-0.2, 0) is 19.1 Å². The number of benzene rings is 3. The number of hydrogen-bond acceptors (Lipinski definition) is 8. The Kier molecular flexibility index (Phi) is 12.0. The third kappa shape index (κ3) is 10.1. The summed E-state index contributed by atoms with van der Waals surface area (Å²) in [5.74, 6) is -1.03. The Balaban J connectivity index is 1.70. The number of ether oxygens (including phenoxy) is 3. The number of nitriles is 1. The lowest BCUT2D eigenvalue weighted by atomic mass is 9.90. The van der Waals surface area contributed by atoms with Crippen molar-refractivity contribution < 1.29 is 33.4 Å². The highest BCUT2D eigenvalue weighted by atomic mass is 79.9. The zero-order chi connectivity index (χ0) is 33.9. The van der Waals surface area contributed by atoms with Crippen LogP contribution in [0.3, 0.4) is 0 Å². The summed E-state index contributed by atoms with van der Waals surface area (Å²) >= 11 is 3.39. The molecule has 1 aliphatic carbocycles. The van der Waals surface area contributed by atoms with Gasteiger partial charge in [0, 0.05) is 23.4 Å². The Labute approximate surface area is 280 Å². The maximum atomic E-state index is 13.6. The Bertz CT molecular complexity index is 1660. The molecule has 3 aromatic carbocycles. The molecule has 0 spiro atoms. The Morgan fingerprint density at radius 3 is 2.06 bits per heavy atom. The van der Waals surface area contributed by atoms with E-state index in [0.717, 1.165) is 0 Å². The molecule has 5 N–H and O–H groups in total. The van der Waals surface area contributed by atoms with Crippen LogP contribution in [0.2, 0.25) is 0 Å². The van der Waals surface area contributed by atoms with Crippen LogP contribution in [0.25, 0.3) is 0 Å². The molecule has 13 heteroatoms. The van der Waals surface area contributed by atoms with Crippen LogP contribution in [0.4, 0.5) is 21.0 Å². The second-order valence-corrected chi connectivity index (χ2v) is 11.9. The summed E-state index contributed by atoms with van der Waals surface area (Å²) in [6, 6.07) is 22.8. The highest BCUT2D eigenvalue weighted by Crippen LogP contribution is 2.33. The van der Waals surface area contributed by atoms with E-state index in [9.17, 15) is 24.4 Å². The van der Waals surface area contributed by atoms with E-state index in [1.807, 2.05) is 19.9 Å². The Hall–Kier alpha value is -5.35. The van der Waals surface area contributed by atoms with Crippen LogP contribution >= 0.6 is 15.9 Å². The molecule has 0 saturated carbocycles. The second-order valence-electron chi connectivity index (χ2n) is 11.1. The van der Waals surface area contributed by atoms with E-state index in [4.69, 9.17) is 19.9 Å². The van der Waals surface area contributed by atoms with Gasteiger partial charge in [-0.25, -0.2) is 9.59 Å². The molecular weight excluding hydrogens is 670 g/mol. The van der Waals surface area contributed by atoms with E-state index in [0.29, 0.717) is 27.8 Å². The quantitative estimate of drug-likeness (QED) is 0.198. The third-order valence-corrected chi connectivity index (χ3v) is 7.61. The molecule has 47 heavy (non-hydrogen) atoms. The standard InChI is InChI=1S/C34H34BrN5O7/c1-20(2)15-26(31(37)41)40-32(42)22-17-28(45-27-14-13-21(19-36)16-25(27)35)30(47-34(44)39-24-11-7-4-8-12-24)29(18-22)46-33(43)38-23-9-5-3-6-10-23/h3-14,16-17,20,26,28-30H,15,18H2,1-2H3,(H2,37,41)(H,38,43)(H,39,44)(H,40,42). The average Bonchev–Trinajstić information content (AvgIpc) is 3.03. The Morgan fingerprint density at radius 1 is 0.936 bits per heavy atom. The van der Waals surface area contributed by atoms with E-state index >= 15 is 0 Å². The highest BCUT2D eigenvalue weighted by molar-refractivity contribution is 9.10. The fraction of sp³-hybridized carbons (Fsp3) is 0.265. The van der Waals surface area contributed by atoms with E-state index < -0.39 is 48.4 Å². The summed E-state index contributed by atoms with van der Waals surface area (Å²) in [5.41, 5.74) is 6.95. The lowest BCUT2D eigenvalue weighted by Gasteiger charge is -2.36. The fourth-order valence-electron chi connectivity index (χ4n) is 4.81. The number of nitrogens with zero attached hydrogens (tertiary/aromatic N) is 1. The minimum absolute atomic E-state index is 0.0524. The first-order valence-corrected chi connectivity index (χ1v) is 15.5. The number of nitrogens with two attached hydrogens (primary N) is 1. The van der Waals surface area contributed by atoms with Crippen LogP contribution in [0.1, 0.15) is 32.3 Å². The molecule has 4 amide bonds. The third-order valence-electron chi connectivity index (χ3n) is 6.99. The van der Waals surface area contributed by atoms with Crippen molar-refractivity contribution in [2.45, 2.75) is 51.0 Å². The molecular formula is C34H34BrN5O7.